The zero-order chi connectivity index (χ0) is 20.2. The Morgan fingerprint density at radius 1 is 1.04 bits per heavy atom. The SMILES string of the molecule is CCC(=O)OCCCCCCc1ccc(C=Nc2ccc([N+](=O)[O-])cc2)cc1. The number of nitrogens with zero attached hydrogens (tertiary/aromatic N) is 2. The highest BCUT2D eigenvalue weighted by Gasteiger charge is 2.03. The van der Waals surface area contributed by atoms with E-state index in [4.69, 9.17) is 4.74 Å². The summed E-state index contributed by atoms with van der Waals surface area (Å²) in [6, 6.07) is 14.4. The first-order valence-corrected chi connectivity index (χ1v) is 9.61. The van der Waals surface area contributed by atoms with Crippen LogP contribution in [-0.4, -0.2) is 23.7 Å². The summed E-state index contributed by atoms with van der Waals surface area (Å²) in [6.45, 7) is 2.32. The maximum absolute atomic E-state index is 11.0. The smallest absolute Gasteiger partial charge is 0.305 e. The number of aryl methyl sites for hydroxylation is 1. The van der Waals surface area contributed by atoms with Crippen LogP contribution >= 0.6 is 0 Å². The number of hydrogen-bond donors (Lipinski definition) is 0. The van der Waals surface area contributed by atoms with Crippen LogP contribution in [0.2, 0.25) is 0 Å². The highest BCUT2D eigenvalue weighted by molar-refractivity contribution is 5.82. The van der Waals surface area contributed by atoms with Gasteiger partial charge in [-0.05, 0) is 42.5 Å². The standard InChI is InChI=1S/C22H26N2O4/c1-2-22(25)28-16-6-4-3-5-7-18-8-10-19(11-9-18)17-23-20-12-14-21(15-13-20)24(26)27/h8-15,17H,2-7,16H2,1H3. The number of nitro benzene ring substituents is 1. The van der Waals surface area contributed by atoms with Gasteiger partial charge in [-0.3, -0.25) is 19.9 Å². The molecule has 0 radical (unpaired) electrons. The Bertz CT molecular complexity index is 783. The summed E-state index contributed by atoms with van der Waals surface area (Å²) in [4.78, 5) is 25.6. The quantitative estimate of drug-likeness (QED) is 0.171. The van der Waals surface area contributed by atoms with Crippen molar-refractivity contribution in [3.05, 3.63) is 69.8 Å². The molecule has 0 aromatic heterocycles. The number of ether oxygens (including phenoxy) is 1. The highest BCUT2D eigenvalue weighted by atomic mass is 16.6. The topological polar surface area (TPSA) is 81.8 Å². The molecule has 0 aliphatic carbocycles. The molecule has 2 rings (SSSR count). The fraction of sp³-hybridized carbons (Fsp3) is 0.364. The van der Waals surface area contributed by atoms with Crippen molar-refractivity contribution in [3.8, 4) is 0 Å². The van der Waals surface area contributed by atoms with Crippen LogP contribution in [0, 0.1) is 10.1 Å². The summed E-state index contributed by atoms with van der Waals surface area (Å²) in [5, 5.41) is 10.6. The number of esters is 1. The molecule has 6 heteroatoms. The van der Waals surface area contributed by atoms with E-state index < -0.39 is 4.92 Å². The summed E-state index contributed by atoms with van der Waals surface area (Å²) < 4.78 is 5.06. The lowest BCUT2D eigenvalue weighted by Gasteiger charge is -2.04. The van der Waals surface area contributed by atoms with Crippen molar-refractivity contribution in [1.82, 2.24) is 0 Å². The molecule has 0 aliphatic rings. The molecule has 0 unspecified atom stereocenters. The van der Waals surface area contributed by atoms with Gasteiger partial charge in [-0.15, -0.1) is 0 Å². The van der Waals surface area contributed by atoms with E-state index in [0.29, 0.717) is 18.7 Å². The van der Waals surface area contributed by atoms with Crippen LogP contribution in [0.15, 0.2) is 53.5 Å². The number of unbranched alkanes of at least 4 members (excludes halogenated alkanes) is 3. The van der Waals surface area contributed by atoms with Crippen molar-refractivity contribution < 1.29 is 14.5 Å². The number of non-ortho nitro benzene ring substituents is 1. The zero-order valence-electron chi connectivity index (χ0n) is 16.2. The largest absolute Gasteiger partial charge is 0.466 e. The summed E-state index contributed by atoms with van der Waals surface area (Å²) in [5.74, 6) is -0.128. The summed E-state index contributed by atoms with van der Waals surface area (Å²) in [6.07, 6.45) is 7.43. The number of rotatable bonds is 11. The molecular formula is C22H26N2O4. The normalized spacial score (nSPS) is 10.9. The second kappa shape index (κ2) is 11.6. The molecule has 0 amide bonds. The number of carbonyl (C=O) groups is 1. The van der Waals surface area contributed by atoms with Crippen LogP contribution in [0.25, 0.3) is 0 Å². The van der Waals surface area contributed by atoms with Crippen molar-refractivity contribution in [3.63, 3.8) is 0 Å². The zero-order valence-corrected chi connectivity index (χ0v) is 16.2. The molecule has 0 heterocycles. The Hall–Kier alpha value is -3.02. The lowest BCUT2D eigenvalue weighted by atomic mass is 10.0. The summed E-state index contributed by atoms with van der Waals surface area (Å²) in [7, 11) is 0. The van der Waals surface area contributed by atoms with Gasteiger partial charge >= 0.3 is 5.97 Å². The van der Waals surface area contributed by atoms with Gasteiger partial charge in [0, 0.05) is 24.8 Å². The number of aliphatic imine (C=N–C) groups is 1. The van der Waals surface area contributed by atoms with Gasteiger partial charge in [0.25, 0.3) is 5.69 Å². The van der Waals surface area contributed by atoms with Crippen LogP contribution in [0.5, 0.6) is 0 Å². The van der Waals surface area contributed by atoms with Gasteiger partial charge in [0.2, 0.25) is 0 Å². The predicted octanol–water partition coefficient (Wildman–Crippen LogP) is 5.40. The first-order valence-electron chi connectivity index (χ1n) is 9.61. The van der Waals surface area contributed by atoms with Crippen molar-refractivity contribution in [1.29, 1.82) is 0 Å². The van der Waals surface area contributed by atoms with E-state index in [9.17, 15) is 14.9 Å². The Kier molecular flexibility index (Phi) is 8.85. The van der Waals surface area contributed by atoms with Gasteiger partial charge in [0.05, 0.1) is 17.2 Å². The molecule has 0 saturated heterocycles. The molecule has 2 aromatic rings. The molecule has 28 heavy (non-hydrogen) atoms. The fourth-order valence-corrected chi connectivity index (χ4v) is 2.65. The molecule has 0 atom stereocenters. The van der Waals surface area contributed by atoms with E-state index in [1.165, 1.54) is 17.7 Å². The molecule has 0 fully saturated rings. The molecule has 6 nitrogen and oxygen atoms in total. The van der Waals surface area contributed by atoms with Gasteiger partial charge in [-0.1, -0.05) is 44.0 Å². The Balaban J connectivity index is 1.69. The van der Waals surface area contributed by atoms with Crippen LogP contribution in [0.1, 0.15) is 50.2 Å². The molecule has 0 bridgehead atoms. The Labute approximate surface area is 165 Å². The highest BCUT2D eigenvalue weighted by Crippen LogP contribution is 2.18. The second-order valence-electron chi connectivity index (χ2n) is 6.51. The van der Waals surface area contributed by atoms with Gasteiger partial charge in [0.1, 0.15) is 0 Å². The third-order valence-electron chi connectivity index (χ3n) is 4.31. The first kappa shape index (κ1) is 21.3. The minimum absolute atomic E-state index is 0.0604. The van der Waals surface area contributed by atoms with E-state index in [2.05, 4.69) is 17.1 Å². The molecule has 0 saturated carbocycles. The molecule has 148 valence electrons. The van der Waals surface area contributed by atoms with Gasteiger partial charge < -0.3 is 4.74 Å². The van der Waals surface area contributed by atoms with Crippen molar-refractivity contribution in [2.45, 2.75) is 45.4 Å². The number of benzene rings is 2. The lowest BCUT2D eigenvalue weighted by Crippen LogP contribution is -2.03. The van der Waals surface area contributed by atoms with Crippen LogP contribution in [0.3, 0.4) is 0 Å². The number of hydrogen-bond acceptors (Lipinski definition) is 5. The van der Waals surface area contributed by atoms with Gasteiger partial charge in [0.15, 0.2) is 0 Å². The van der Waals surface area contributed by atoms with Crippen molar-refractivity contribution >= 4 is 23.6 Å². The lowest BCUT2D eigenvalue weighted by molar-refractivity contribution is -0.384. The van der Waals surface area contributed by atoms with Gasteiger partial charge in [-0.2, -0.15) is 0 Å². The van der Waals surface area contributed by atoms with E-state index in [0.717, 1.165) is 37.7 Å². The van der Waals surface area contributed by atoms with E-state index in [1.807, 2.05) is 12.1 Å². The van der Waals surface area contributed by atoms with E-state index >= 15 is 0 Å². The average Bonchev–Trinajstić information content (AvgIpc) is 2.72. The van der Waals surface area contributed by atoms with Crippen molar-refractivity contribution in [2.24, 2.45) is 4.99 Å². The monoisotopic (exact) mass is 382 g/mol. The maximum atomic E-state index is 11.0. The third kappa shape index (κ3) is 7.70. The maximum Gasteiger partial charge on any atom is 0.305 e. The van der Waals surface area contributed by atoms with Crippen molar-refractivity contribution in [2.75, 3.05) is 6.61 Å². The minimum Gasteiger partial charge on any atom is -0.466 e. The first-order chi connectivity index (χ1) is 13.6. The van der Waals surface area contributed by atoms with Gasteiger partial charge in [-0.25, -0.2) is 0 Å². The van der Waals surface area contributed by atoms with Crippen LogP contribution < -0.4 is 0 Å². The predicted molar refractivity (Wildman–Crippen MR) is 110 cm³/mol. The molecule has 0 N–H and O–H groups in total. The average molecular weight is 382 g/mol. The number of carbonyl (C=O) groups excluding carboxylic acids is 1. The van der Waals surface area contributed by atoms with E-state index in [1.54, 1.807) is 25.3 Å². The Morgan fingerprint density at radius 3 is 2.36 bits per heavy atom. The van der Waals surface area contributed by atoms with Crippen LogP contribution in [-0.2, 0) is 16.0 Å². The summed E-state index contributed by atoms with van der Waals surface area (Å²) in [5.41, 5.74) is 3.01. The third-order valence-corrected chi connectivity index (χ3v) is 4.31. The molecule has 0 spiro atoms. The minimum atomic E-state index is -0.423. The van der Waals surface area contributed by atoms with Crippen LogP contribution in [0.4, 0.5) is 11.4 Å². The number of nitro groups is 1. The van der Waals surface area contributed by atoms with E-state index in [-0.39, 0.29) is 11.7 Å². The molecular weight excluding hydrogens is 356 g/mol. The Morgan fingerprint density at radius 2 is 1.71 bits per heavy atom. The second-order valence-corrected chi connectivity index (χ2v) is 6.51. The molecule has 2 aromatic carbocycles. The fourth-order valence-electron chi connectivity index (χ4n) is 2.65. The molecule has 0 aliphatic heterocycles. The summed E-state index contributed by atoms with van der Waals surface area (Å²) >= 11 is 0.